The summed E-state index contributed by atoms with van der Waals surface area (Å²) in [4.78, 5) is 37.2. The summed E-state index contributed by atoms with van der Waals surface area (Å²) in [7, 11) is 1.47. The van der Waals surface area contributed by atoms with Crippen molar-refractivity contribution in [1.82, 2.24) is 25.6 Å². The zero-order valence-corrected chi connectivity index (χ0v) is 23.2. The minimum Gasteiger partial charge on any atom is -0.493 e. The topological polar surface area (TPSA) is 118 Å². The molecule has 0 unspecified atom stereocenters. The van der Waals surface area contributed by atoms with Crippen molar-refractivity contribution in [2.75, 3.05) is 20.3 Å². The fraction of sp³-hybridized carbons (Fsp3) is 0.517. The van der Waals surface area contributed by atoms with E-state index in [-0.39, 0.29) is 47.7 Å². The molecular weight excluding hydrogens is 539 g/mol. The molecule has 41 heavy (non-hydrogen) atoms. The van der Waals surface area contributed by atoms with Crippen molar-refractivity contribution in [1.29, 1.82) is 0 Å². The molecule has 0 spiro atoms. The maximum absolute atomic E-state index is 13.6. The van der Waals surface area contributed by atoms with Crippen molar-refractivity contribution in [3.05, 3.63) is 41.3 Å². The van der Waals surface area contributed by atoms with E-state index in [2.05, 4.69) is 25.6 Å². The highest BCUT2D eigenvalue weighted by molar-refractivity contribution is 6.09. The largest absolute Gasteiger partial charge is 0.493 e. The lowest BCUT2D eigenvalue weighted by Gasteiger charge is -2.35. The van der Waals surface area contributed by atoms with Gasteiger partial charge in [-0.25, -0.2) is 9.97 Å². The van der Waals surface area contributed by atoms with Crippen molar-refractivity contribution in [2.45, 2.75) is 64.2 Å². The number of amides is 2. The first kappa shape index (κ1) is 28.8. The van der Waals surface area contributed by atoms with Crippen LogP contribution < -0.4 is 15.4 Å². The molecule has 0 saturated heterocycles. The molecular formula is C29H34F3N5O4. The Kier molecular flexibility index (Phi) is 8.21. The molecule has 2 heterocycles. The smallest absolute Gasteiger partial charge is 0.416 e. The lowest BCUT2D eigenvalue weighted by atomic mass is 9.82. The van der Waals surface area contributed by atoms with E-state index < -0.39 is 11.7 Å². The number of aromatic nitrogens is 3. The van der Waals surface area contributed by atoms with E-state index in [1.807, 2.05) is 6.92 Å². The van der Waals surface area contributed by atoms with Crippen molar-refractivity contribution < 1.29 is 32.2 Å². The summed E-state index contributed by atoms with van der Waals surface area (Å²) in [6.45, 7) is 4.18. The van der Waals surface area contributed by atoms with E-state index in [0.717, 1.165) is 25.0 Å². The second-order valence-corrected chi connectivity index (χ2v) is 11.1. The van der Waals surface area contributed by atoms with E-state index >= 15 is 0 Å². The number of H-pyrrole nitrogens is 1. The van der Waals surface area contributed by atoms with Gasteiger partial charge in [-0.2, -0.15) is 13.2 Å². The van der Waals surface area contributed by atoms with Crippen LogP contribution in [0.25, 0.3) is 22.3 Å². The van der Waals surface area contributed by atoms with Crippen LogP contribution in [0.2, 0.25) is 0 Å². The predicted octanol–water partition coefficient (Wildman–Crippen LogP) is 4.79. The summed E-state index contributed by atoms with van der Waals surface area (Å²) < 4.78 is 51.7. The molecule has 1 aromatic carbocycles. The highest BCUT2D eigenvalue weighted by Gasteiger charge is 2.33. The number of aromatic amines is 1. The molecule has 2 aromatic heterocycles. The molecule has 12 heteroatoms. The molecule has 3 N–H and O–H groups in total. The van der Waals surface area contributed by atoms with Crippen LogP contribution in [0.15, 0.2) is 24.5 Å². The maximum atomic E-state index is 13.6. The van der Waals surface area contributed by atoms with Crippen molar-refractivity contribution in [3.63, 3.8) is 0 Å². The Morgan fingerprint density at radius 3 is 2.59 bits per heavy atom. The molecule has 0 radical (unpaired) electrons. The first-order chi connectivity index (χ1) is 19.5. The van der Waals surface area contributed by atoms with Crippen molar-refractivity contribution >= 4 is 22.8 Å². The van der Waals surface area contributed by atoms with E-state index in [1.165, 1.54) is 19.5 Å². The Labute approximate surface area is 235 Å². The number of ether oxygens (including phenoxy) is 2. The SMILES string of the molecule is COCC(=O)N[C@@H]1CC[C@H](NC(=O)c2c(C)[nH]c3c(-c4cc(C(F)(F)F)ccc4OCC4CC4)ncnc23)C[C@H]1C. The third-order valence-corrected chi connectivity index (χ3v) is 7.86. The molecule has 0 aliphatic heterocycles. The molecule has 5 rings (SSSR count). The number of methoxy groups -OCH3 is 1. The number of rotatable bonds is 9. The number of nitrogens with zero attached hydrogens (tertiary/aromatic N) is 2. The lowest BCUT2D eigenvalue weighted by Crippen LogP contribution is -2.48. The van der Waals surface area contributed by atoms with Gasteiger partial charge in [-0.1, -0.05) is 6.92 Å². The number of nitrogens with one attached hydrogen (secondary N) is 3. The Bertz CT molecular complexity index is 1440. The molecule has 220 valence electrons. The van der Waals surface area contributed by atoms with Crippen LogP contribution in [0, 0.1) is 18.8 Å². The standard InChI is InChI=1S/C29H34F3N5O4/c1-15-10-19(7-8-21(15)37-23(38)13-40-3)36-28(39)24-16(2)35-27-25(33-14-34-26(24)27)20-11-18(29(30,31)32)6-9-22(20)41-12-17-4-5-17/h6,9,11,14-15,17,19,21,35H,4-5,7-8,10,12-13H2,1-3H3,(H,36,39)(H,37,38)/t15-,19+,21-/m1/s1. The molecule has 2 aliphatic carbocycles. The number of fused-ring (bicyclic) bond motifs is 1. The first-order valence-corrected chi connectivity index (χ1v) is 13.8. The van der Waals surface area contributed by atoms with Crippen molar-refractivity contribution in [2.24, 2.45) is 11.8 Å². The number of alkyl halides is 3. The minimum absolute atomic E-state index is 0.000262. The monoisotopic (exact) mass is 573 g/mol. The molecule has 0 bridgehead atoms. The summed E-state index contributed by atoms with van der Waals surface area (Å²) in [5.74, 6) is 0.345. The van der Waals surface area contributed by atoms with E-state index in [9.17, 15) is 22.8 Å². The molecule has 2 fully saturated rings. The molecule has 2 saturated carbocycles. The van der Waals surface area contributed by atoms with Gasteiger partial charge in [-0.3, -0.25) is 9.59 Å². The highest BCUT2D eigenvalue weighted by Crippen LogP contribution is 2.40. The molecule has 3 aromatic rings. The summed E-state index contributed by atoms with van der Waals surface area (Å²) >= 11 is 0. The number of carbonyl (C=O) groups excluding carboxylic acids is 2. The van der Waals surface area contributed by atoms with Crippen LogP contribution in [0.5, 0.6) is 5.75 Å². The average molecular weight is 574 g/mol. The fourth-order valence-electron chi connectivity index (χ4n) is 5.49. The zero-order chi connectivity index (χ0) is 29.3. The Morgan fingerprint density at radius 1 is 1.12 bits per heavy atom. The number of hydrogen-bond acceptors (Lipinski definition) is 6. The first-order valence-electron chi connectivity index (χ1n) is 13.8. The van der Waals surface area contributed by atoms with Gasteiger partial charge in [0, 0.05) is 30.5 Å². The van der Waals surface area contributed by atoms with Gasteiger partial charge in [0.15, 0.2) is 0 Å². The molecule has 3 atom stereocenters. The summed E-state index contributed by atoms with van der Waals surface area (Å²) in [6, 6.07) is 3.25. The quantitative estimate of drug-likeness (QED) is 0.339. The number of carbonyl (C=O) groups is 2. The number of halogens is 3. The van der Waals surface area contributed by atoms with Crippen molar-refractivity contribution in [3.8, 4) is 17.0 Å². The normalized spacial score (nSPS) is 21.1. The predicted molar refractivity (Wildman–Crippen MR) is 145 cm³/mol. The second-order valence-electron chi connectivity index (χ2n) is 11.1. The number of benzene rings is 1. The molecule has 2 amide bonds. The van der Waals surface area contributed by atoms with Gasteiger partial charge < -0.3 is 25.1 Å². The van der Waals surface area contributed by atoms with E-state index in [1.54, 1.807) is 6.92 Å². The van der Waals surface area contributed by atoms with Gasteiger partial charge in [0.2, 0.25) is 5.91 Å². The fourth-order valence-corrected chi connectivity index (χ4v) is 5.49. The third kappa shape index (κ3) is 6.47. The van der Waals surface area contributed by atoms with Crippen LogP contribution in [-0.2, 0) is 15.7 Å². The van der Waals surface area contributed by atoms with Crippen LogP contribution in [0.4, 0.5) is 13.2 Å². The van der Waals surface area contributed by atoms with Gasteiger partial charge in [-0.05, 0) is 69.1 Å². The van der Waals surface area contributed by atoms with Gasteiger partial charge in [0.1, 0.15) is 29.9 Å². The van der Waals surface area contributed by atoms with Gasteiger partial charge >= 0.3 is 6.18 Å². The van der Waals surface area contributed by atoms with E-state index in [0.29, 0.717) is 59.8 Å². The summed E-state index contributed by atoms with van der Waals surface area (Å²) in [5, 5.41) is 6.08. The summed E-state index contributed by atoms with van der Waals surface area (Å²) in [6.07, 6.45) is 0.840. The van der Waals surface area contributed by atoms with Crippen LogP contribution in [-0.4, -0.2) is 59.2 Å². The Hall–Kier alpha value is -3.67. The van der Waals surface area contributed by atoms with Gasteiger partial charge in [0.25, 0.3) is 5.91 Å². The maximum Gasteiger partial charge on any atom is 0.416 e. The average Bonchev–Trinajstić information content (AvgIpc) is 3.68. The second kappa shape index (κ2) is 11.7. The zero-order valence-electron chi connectivity index (χ0n) is 23.2. The number of aryl methyl sites for hydroxylation is 1. The number of hydrogen-bond donors (Lipinski definition) is 3. The Balaban J connectivity index is 1.40. The molecule has 2 aliphatic rings. The highest BCUT2D eigenvalue weighted by atomic mass is 19.4. The minimum atomic E-state index is -4.55. The third-order valence-electron chi connectivity index (χ3n) is 7.86. The summed E-state index contributed by atoms with van der Waals surface area (Å²) in [5.41, 5.74) is 1.13. The lowest BCUT2D eigenvalue weighted by molar-refractivity contribution is -0.137. The van der Waals surface area contributed by atoms with E-state index in [4.69, 9.17) is 9.47 Å². The van der Waals surface area contributed by atoms with Gasteiger partial charge in [0.05, 0.1) is 23.3 Å². The molecule has 9 nitrogen and oxygen atoms in total. The van der Waals surface area contributed by atoms with Gasteiger partial charge in [-0.15, -0.1) is 0 Å². The Morgan fingerprint density at radius 2 is 1.90 bits per heavy atom. The van der Waals surface area contributed by atoms with Crippen LogP contribution in [0.3, 0.4) is 0 Å². The van der Waals surface area contributed by atoms with Crippen LogP contribution in [0.1, 0.15) is 60.6 Å². The van der Waals surface area contributed by atoms with Crippen LogP contribution >= 0.6 is 0 Å².